The van der Waals surface area contributed by atoms with E-state index in [0.29, 0.717) is 0 Å². The van der Waals surface area contributed by atoms with Gasteiger partial charge in [0.05, 0.1) is 30.2 Å². The Morgan fingerprint density at radius 1 is 0.800 bits per heavy atom. The number of rotatable bonds is 8. The number of unbranched alkanes of at least 4 members (excludes halogenated alkanes) is 2. The monoisotopic (exact) mass is 358 g/mol. The van der Waals surface area contributed by atoms with Crippen LogP contribution < -0.4 is 15.7 Å². The zero-order chi connectivity index (χ0) is 18.5. The van der Waals surface area contributed by atoms with Gasteiger partial charge >= 0.3 is 0 Å². The summed E-state index contributed by atoms with van der Waals surface area (Å²) in [5.41, 5.74) is 0. The molecule has 0 bridgehead atoms. The SMILES string of the molecule is CC(=O)[O-].CCCC[P+](CCCC)(c1ccccc1)c1ccccc1. The number of aliphatic carboxylic acids is 1. The van der Waals surface area contributed by atoms with Gasteiger partial charge in [-0.25, -0.2) is 0 Å². The van der Waals surface area contributed by atoms with Crippen LogP contribution in [0.2, 0.25) is 0 Å². The van der Waals surface area contributed by atoms with Crippen LogP contribution in [0.3, 0.4) is 0 Å². The Morgan fingerprint density at radius 3 is 1.40 bits per heavy atom. The minimum absolute atomic E-state index is 0.972. The molecule has 136 valence electrons. The lowest BCUT2D eigenvalue weighted by molar-refractivity contribution is -0.302. The molecule has 0 heterocycles. The molecule has 0 aliphatic rings. The summed E-state index contributed by atoms with van der Waals surface area (Å²) < 4.78 is 0. The highest BCUT2D eigenvalue weighted by atomic mass is 31.2. The van der Waals surface area contributed by atoms with E-state index in [1.165, 1.54) is 38.0 Å². The van der Waals surface area contributed by atoms with Gasteiger partial charge in [-0.1, -0.05) is 63.1 Å². The van der Waals surface area contributed by atoms with E-state index in [0.717, 1.165) is 6.92 Å². The summed E-state index contributed by atoms with van der Waals surface area (Å²) in [6.45, 7) is 5.59. The molecule has 2 nitrogen and oxygen atoms in total. The average Bonchev–Trinajstić information content (AvgIpc) is 2.63. The van der Waals surface area contributed by atoms with Crippen molar-refractivity contribution in [3.63, 3.8) is 0 Å². The normalized spacial score (nSPS) is 10.7. The third kappa shape index (κ3) is 7.00. The highest BCUT2D eigenvalue weighted by Crippen LogP contribution is 2.57. The molecule has 0 amide bonds. The average molecular weight is 358 g/mol. The Hall–Kier alpha value is -1.66. The first-order valence-corrected chi connectivity index (χ1v) is 11.4. The molecule has 0 radical (unpaired) electrons. The van der Waals surface area contributed by atoms with Gasteiger partial charge < -0.3 is 9.90 Å². The van der Waals surface area contributed by atoms with E-state index in [9.17, 15) is 0 Å². The van der Waals surface area contributed by atoms with Crippen LogP contribution in [0.1, 0.15) is 46.5 Å². The number of carboxylic acids is 1. The third-order valence-electron chi connectivity index (χ3n) is 4.29. The van der Waals surface area contributed by atoms with Crippen molar-refractivity contribution >= 4 is 23.8 Å². The molecule has 0 fully saturated rings. The lowest BCUT2D eigenvalue weighted by atomic mass is 10.4. The van der Waals surface area contributed by atoms with Gasteiger partial charge in [-0.15, -0.1) is 0 Å². The second-order valence-corrected chi connectivity index (χ2v) is 10.1. The summed E-state index contributed by atoms with van der Waals surface area (Å²) in [4.78, 5) is 8.89. The van der Waals surface area contributed by atoms with Crippen molar-refractivity contribution in [2.45, 2.75) is 46.5 Å². The lowest BCUT2D eigenvalue weighted by Crippen LogP contribution is -2.27. The van der Waals surface area contributed by atoms with Gasteiger partial charge in [0.1, 0.15) is 0 Å². The summed E-state index contributed by atoms with van der Waals surface area (Å²) in [6, 6.07) is 22.6. The van der Waals surface area contributed by atoms with E-state index in [2.05, 4.69) is 74.5 Å². The first-order chi connectivity index (χ1) is 12.1. The minimum Gasteiger partial charge on any atom is -0.550 e. The van der Waals surface area contributed by atoms with Gasteiger partial charge in [-0.3, -0.25) is 0 Å². The van der Waals surface area contributed by atoms with Gasteiger partial charge in [-0.2, -0.15) is 0 Å². The summed E-state index contributed by atoms with van der Waals surface area (Å²) in [6.07, 6.45) is 7.96. The molecule has 2 aromatic rings. The molecule has 25 heavy (non-hydrogen) atoms. The van der Waals surface area contributed by atoms with E-state index in [1.54, 1.807) is 10.6 Å². The Kier molecular flexibility index (Phi) is 10.1. The number of hydrogen-bond acceptors (Lipinski definition) is 2. The van der Waals surface area contributed by atoms with Crippen LogP contribution in [0.5, 0.6) is 0 Å². The lowest BCUT2D eigenvalue weighted by Gasteiger charge is -2.27. The van der Waals surface area contributed by atoms with Crippen LogP contribution in [-0.4, -0.2) is 18.3 Å². The van der Waals surface area contributed by atoms with E-state index < -0.39 is 13.2 Å². The van der Waals surface area contributed by atoms with Crippen molar-refractivity contribution in [1.82, 2.24) is 0 Å². The minimum atomic E-state index is -1.23. The molecule has 2 aromatic carbocycles. The van der Waals surface area contributed by atoms with Crippen molar-refractivity contribution in [3.8, 4) is 0 Å². The van der Waals surface area contributed by atoms with Crippen molar-refractivity contribution in [2.75, 3.05) is 12.3 Å². The standard InChI is InChI=1S/C20H28P.C2H4O2/c1-3-5-17-21(18-6-4-2,19-13-9-7-10-14-19)20-15-11-8-12-16-20;1-2(3)4/h7-16H,3-6,17-18H2,1-2H3;1H3,(H,3,4)/q+1;/p-1. The van der Waals surface area contributed by atoms with E-state index in [1.807, 2.05) is 0 Å². The number of hydrogen-bond donors (Lipinski definition) is 0. The largest absolute Gasteiger partial charge is 0.550 e. The van der Waals surface area contributed by atoms with Gasteiger partial charge in [0.25, 0.3) is 0 Å². The fourth-order valence-corrected chi connectivity index (χ4v) is 7.81. The van der Waals surface area contributed by atoms with Crippen molar-refractivity contribution in [3.05, 3.63) is 60.7 Å². The van der Waals surface area contributed by atoms with E-state index in [-0.39, 0.29) is 0 Å². The zero-order valence-corrected chi connectivity index (χ0v) is 16.7. The molecule has 0 N–H and O–H groups in total. The maximum absolute atomic E-state index is 8.89. The molecular weight excluding hydrogens is 327 g/mol. The predicted molar refractivity (Wildman–Crippen MR) is 109 cm³/mol. The molecule has 0 atom stereocenters. The number of carbonyl (C=O) groups excluding carboxylic acids is 1. The Morgan fingerprint density at radius 2 is 1.12 bits per heavy atom. The molecular formula is C22H31O2P. The van der Waals surface area contributed by atoms with Crippen LogP contribution in [0.25, 0.3) is 0 Å². The quantitative estimate of drug-likeness (QED) is 0.669. The van der Waals surface area contributed by atoms with Crippen molar-refractivity contribution in [1.29, 1.82) is 0 Å². The van der Waals surface area contributed by atoms with Crippen LogP contribution in [-0.2, 0) is 4.79 Å². The summed E-state index contributed by atoms with van der Waals surface area (Å²) in [7, 11) is -1.23. The van der Waals surface area contributed by atoms with Gasteiger partial charge in [-0.05, 0) is 44.0 Å². The van der Waals surface area contributed by atoms with Crippen molar-refractivity contribution in [2.24, 2.45) is 0 Å². The fourth-order valence-electron chi connectivity index (χ4n) is 3.06. The summed E-state index contributed by atoms with van der Waals surface area (Å²) in [5.74, 6) is -1.08. The molecule has 0 aromatic heterocycles. The summed E-state index contributed by atoms with van der Waals surface area (Å²) >= 11 is 0. The molecule has 0 saturated carbocycles. The van der Waals surface area contributed by atoms with Crippen LogP contribution in [0.4, 0.5) is 0 Å². The Bertz CT molecular complexity index is 542. The third-order valence-corrected chi connectivity index (χ3v) is 9.02. The fraction of sp³-hybridized carbons (Fsp3) is 0.409. The Balaban J connectivity index is 0.000000705. The number of carbonyl (C=O) groups is 1. The number of carboxylic acid groups (broad SMARTS) is 1. The van der Waals surface area contributed by atoms with Gasteiger partial charge in [0, 0.05) is 5.97 Å². The van der Waals surface area contributed by atoms with E-state index in [4.69, 9.17) is 9.90 Å². The summed E-state index contributed by atoms with van der Waals surface area (Å²) in [5, 5.41) is 12.1. The second kappa shape index (κ2) is 11.8. The first-order valence-electron chi connectivity index (χ1n) is 9.22. The molecule has 0 unspecified atom stereocenters. The highest BCUT2D eigenvalue weighted by molar-refractivity contribution is 7.89. The maximum Gasteiger partial charge on any atom is 0.0991 e. The van der Waals surface area contributed by atoms with Crippen LogP contribution in [0.15, 0.2) is 60.7 Å². The second-order valence-electron chi connectivity index (χ2n) is 6.28. The first kappa shape index (κ1) is 21.4. The molecule has 0 aliphatic carbocycles. The van der Waals surface area contributed by atoms with Crippen molar-refractivity contribution < 1.29 is 9.90 Å². The molecule has 0 spiro atoms. The van der Waals surface area contributed by atoms with Gasteiger partial charge in [0.2, 0.25) is 0 Å². The smallest absolute Gasteiger partial charge is 0.0991 e. The maximum atomic E-state index is 8.89. The van der Waals surface area contributed by atoms with Crippen LogP contribution in [0, 0.1) is 0 Å². The topological polar surface area (TPSA) is 40.1 Å². The molecule has 0 saturated heterocycles. The van der Waals surface area contributed by atoms with E-state index >= 15 is 0 Å². The van der Waals surface area contributed by atoms with Crippen LogP contribution >= 0.6 is 7.26 Å². The number of benzene rings is 2. The predicted octanol–water partition coefficient (Wildman–Crippen LogP) is 4.01. The molecule has 0 aliphatic heterocycles. The van der Waals surface area contributed by atoms with Gasteiger partial charge in [0.15, 0.2) is 0 Å². The Labute approximate surface area is 153 Å². The molecule has 2 rings (SSSR count). The zero-order valence-electron chi connectivity index (χ0n) is 15.8. The highest BCUT2D eigenvalue weighted by Gasteiger charge is 2.40. The molecule has 3 heteroatoms.